The Hall–Kier alpha value is -4.42. The lowest BCUT2D eigenvalue weighted by Gasteiger charge is -2.10. The lowest BCUT2D eigenvalue weighted by atomic mass is 10.3. The van der Waals surface area contributed by atoms with E-state index in [9.17, 15) is 20.2 Å². The number of anilines is 2. The van der Waals surface area contributed by atoms with Crippen LogP contribution in [0.2, 0.25) is 5.15 Å². The zero-order chi connectivity index (χ0) is 27.4. The van der Waals surface area contributed by atoms with Crippen LogP contribution in [0.4, 0.5) is 22.7 Å². The van der Waals surface area contributed by atoms with E-state index in [0.717, 1.165) is 11.9 Å². The Morgan fingerprint density at radius 1 is 0.737 bits per heavy atom. The largest absolute Gasteiger partial charge is 1.00 e. The summed E-state index contributed by atoms with van der Waals surface area (Å²) in [5, 5.41) is 20.8. The molecular weight excluding hydrogens is 535 g/mol. The third-order valence-electron chi connectivity index (χ3n) is 4.64. The van der Waals surface area contributed by atoms with Gasteiger partial charge < -0.3 is 22.2 Å². The quantitative estimate of drug-likeness (QED) is 0.152. The number of nitrogens with zero attached hydrogens (tertiary/aromatic N) is 8. The summed E-state index contributed by atoms with van der Waals surface area (Å²) in [4.78, 5) is 35.1. The highest BCUT2D eigenvalue weighted by molar-refractivity contribution is 6.29. The fraction of sp³-hybridized carbons (Fsp3) is 0.167. The number of halogens is 2. The van der Waals surface area contributed by atoms with E-state index in [4.69, 9.17) is 11.6 Å². The Morgan fingerprint density at radius 2 is 1.21 bits per heavy atom. The minimum absolute atomic E-state index is 0. The van der Waals surface area contributed by atoms with Crippen molar-refractivity contribution >= 4 is 34.4 Å². The lowest BCUT2D eigenvalue weighted by Crippen LogP contribution is -3.00. The van der Waals surface area contributed by atoms with Crippen LogP contribution in [-0.2, 0) is 0 Å². The highest BCUT2D eigenvalue weighted by atomic mass is 35.5. The molecule has 0 saturated carbocycles. The first-order chi connectivity index (χ1) is 17.6. The molecule has 0 fully saturated rings. The Morgan fingerprint density at radius 3 is 1.58 bits per heavy atom. The topological polar surface area (TPSA) is 135 Å². The van der Waals surface area contributed by atoms with E-state index < -0.39 is 9.85 Å². The molecule has 0 aromatic carbocycles. The summed E-state index contributed by atoms with van der Waals surface area (Å²) in [6.07, 6.45) is 9.67. The number of aromatic nitrogens is 4. The van der Waals surface area contributed by atoms with E-state index >= 15 is 0 Å². The van der Waals surface area contributed by atoms with Crippen molar-refractivity contribution in [3.63, 3.8) is 0 Å². The van der Waals surface area contributed by atoms with Gasteiger partial charge in [-0.1, -0.05) is 11.6 Å². The fourth-order valence-electron chi connectivity index (χ4n) is 2.63. The second-order valence-corrected chi connectivity index (χ2v) is 8.07. The van der Waals surface area contributed by atoms with Gasteiger partial charge in [-0.2, -0.15) is 0 Å². The molecule has 0 aliphatic heterocycles. The lowest BCUT2D eigenvalue weighted by molar-refractivity contribution is -0.599. The van der Waals surface area contributed by atoms with Crippen LogP contribution >= 0.6 is 11.6 Å². The van der Waals surface area contributed by atoms with Crippen LogP contribution in [0.25, 0.3) is 5.82 Å². The standard InChI is InChI=1S/C12H13N4O2.C7H10N2.C5H3ClN2O2.ClH/c1-14(2)10-5-7-15(8-6-10)12-4-3-11(9-13-12)16(17)18;1-9(2)7-3-5-8-6-4-7;6-5-2-1-4(3-7-5)8(9)10;/h3-9H,1-2H3;3-6H,1-2H3;1-3H;1H/q+1;;;/p-1. The van der Waals surface area contributed by atoms with Crippen LogP contribution in [0.15, 0.2) is 85.7 Å². The molecule has 4 aromatic rings. The van der Waals surface area contributed by atoms with Crippen LogP contribution in [0.1, 0.15) is 0 Å². The molecule has 14 heteroatoms. The van der Waals surface area contributed by atoms with Gasteiger partial charge in [-0.25, -0.2) is 9.55 Å². The van der Waals surface area contributed by atoms with Gasteiger partial charge >= 0.3 is 11.5 Å². The molecule has 0 spiro atoms. The van der Waals surface area contributed by atoms with Gasteiger partial charge in [0.1, 0.15) is 11.3 Å². The number of hydrogen-bond acceptors (Lipinski definition) is 9. The summed E-state index contributed by atoms with van der Waals surface area (Å²) in [6.45, 7) is 0. The van der Waals surface area contributed by atoms with Crippen molar-refractivity contribution in [2.24, 2.45) is 0 Å². The Balaban J connectivity index is 0.000000307. The van der Waals surface area contributed by atoms with Gasteiger partial charge in [0.15, 0.2) is 0 Å². The average Bonchev–Trinajstić information content (AvgIpc) is 2.90. The Labute approximate surface area is 230 Å². The first kappa shape index (κ1) is 31.6. The van der Waals surface area contributed by atoms with Gasteiger partial charge in [-0.15, -0.1) is 0 Å². The van der Waals surface area contributed by atoms with Crippen molar-refractivity contribution in [2.75, 3.05) is 38.0 Å². The molecule has 4 aromatic heterocycles. The maximum Gasteiger partial charge on any atom is 0.328 e. The molecule has 0 radical (unpaired) electrons. The minimum Gasteiger partial charge on any atom is -1.00 e. The van der Waals surface area contributed by atoms with Gasteiger partial charge in [0.2, 0.25) is 6.20 Å². The molecule has 200 valence electrons. The van der Waals surface area contributed by atoms with Crippen molar-refractivity contribution in [3.8, 4) is 5.82 Å². The Kier molecular flexibility index (Phi) is 13.0. The monoisotopic (exact) mass is 560 g/mol. The molecule has 0 atom stereocenters. The maximum atomic E-state index is 10.5. The summed E-state index contributed by atoms with van der Waals surface area (Å²) in [5.74, 6) is 0.644. The summed E-state index contributed by atoms with van der Waals surface area (Å²) >= 11 is 5.38. The first-order valence-corrected chi connectivity index (χ1v) is 11.1. The molecule has 0 unspecified atom stereocenters. The number of rotatable bonds is 5. The molecule has 0 amide bonds. The van der Waals surface area contributed by atoms with Gasteiger partial charge in [0.25, 0.3) is 5.69 Å². The van der Waals surface area contributed by atoms with Gasteiger partial charge in [-0.05, 0) is 23.2 Å². The Bertz CT molecular complexity index is 1280. The molecule has 38 heavy (non-hydrogen) atoms. The van der Waals surface area contributed by atoms with E-state index in [-0.39, 0.29) is 28.9 Å². The predicted molar refractivity (Wildman–Crippen MR) is 141 cm³/mol. The smallest absolute Gasteiger partial charge is 0.328 e. The third-order valence-corrected chi connectivity index (χ3v) is 4.86. The summed E-state index contributed by atoms with van der Waals surface area (Å²) < 4.78 is 1.80. The molecule has 4 rings (SSSR count). The number of pyridine rings is 4. The highest BCUT2D eigenvalue weighted by Gasteiger charge is 2.13. The minimum atomic E-state index is -0.524. The zero-order valence-electron chi connectivity index (χ0n) is 21.0. The zero-order valence-corrected chi connectivity index (χ0v) is 22.6. The first-order valence-electron chi connectivity index (χ1n) is 10.7. The van der Waals surface area contributed by atoms with Crippen LogP contribution in [0.5, 0.6) is 0 Å². The fourth-order valence-corrected chi connectivity index (χ4v) is 2.74. The van der Waals surface area contributed by atoms with E-state index in [1.54, 1.807) is 23.0 Å². The van der Waals surface area contributed by atoms with Crippen LogP contribution in [0.3, 0.4) is 0 Å². The predicted octanol–water partition coefficient (Wildman–Crippen LogP) is 1.13. The van der Waals surface area contributed by atoms with E-state index in [1.807, 2.05) is 74.6 Å². The molecular formula is C24H26Cl2N8O4. The van der Waals surface area contributed by atoms with Gasteiger partial charge in [0, 0.05) is 82.3 Å². The summed E-state index contributed by atoms with van der Waals surface area (Å²) in [5.41, 5.74) is 2.20. The van der Waals surface area contributed by atoms with E-state index in [2.05, 4.69) is 15.0 Å². The normalized spacial score (nSPS) is 9.39. The van der Waals surface area contributed by atoms with E-state index in [0.29, 0.717) is 5.82 Å². The number of hydrogen-bond donors (Lipinski definition) is 0. The van der Waals surface area contributed by atoms with Crippen molar-refractivity contribution in [1.82, 2.24) is 15.0 Å². The molecule has 0 aliphatic carbocycles. The van der Waals surface area contributed by atoms with Crippen molar-refractivity contribution < 1.29 is 26.8 Å². The van der Waals surface area contributed by atoms with Crippen molar-refractivity contribution in [2.45, 2.75) is 0 Å². The highest BCUT2D eigenvalue weighted by Crippen LogP contribution is 2.12. The molecule has 0 saturated heterocycles. The second kappa shape index (κ2) is 15.6. The van der Waals surface area contributed by atoms with E-state index in [1.165, 1.54) is 30.1 Å². The molecule has 4 heterocycles. The van der Waals surface area contributed by atoms with Crippen LogP contribution in [0, 0.1) is 20.2 Å². The molecule has 12 nitrogen and oxygen atoms in total. The van der Waals surface area contributed by atoms with Gasteiger partial charge in [-0.3, -0.25) is 25.2 Å². The number of nitro groups is 2. The molecule has 0 aliphatic rings. The second-order valence-electron chi connectivity index (χ2n) is 7.69. The van der Waals surface area contributed by atoms with Gasteiger partial charge in [0.05, 0.1) is 22.2 Å². The van der Waals surface area contributed by atoms with Crippen molar-refractivity contribution in [3.05, 3.63) is 111 Å². The third kappa shape index (κ3) is 10.3. The molecule has 0 bridgehead atoms. The summed E-state index contributed by atoms with van der Waals surface area (Å²) in [7, 11) is 7.94. The maximum absolute atomic E-state index is 10.5. The SMILES string of the molecule is CN(C)c1cc[n+](-c2ccc([N+](=O)[O-])cn2)cc1.CN(C)c1ccncc1.O=[N+]([O-])c1ccc(Cl)nc1.[Cl-]. The summed E-state index contributed by atoms with van der Waals surface area (Å²) in [6, 6.07) is 13.6. The van der Waals surface area contributed by atoms with Crippen molar-refractivity contribution in [1.29, 1.82) is 0 Å². The van der Waals surface area contributed by atoms with Crippen LogP contribution < -0.4 is 26.8 Å². The molecule has 0 N–H and O–H groups in total. The van der Waals surface area contributed by atoms with Crippen LogP contribution in [-0.4, -0.2) is 53.0 Å². The average molecular weight is 561 g/mol.